The number of aryl methyl sites for hydroxylation is 1. The Morgan fingerprint density at radius 3 is 2.71 bits per heavy atom. The van der Waals surface area contributed by atoms with Gasteiger partial charge in [-0.1, -0.05) is 6.07 Å². The normalized spacial score (nSPS) is 28.0. The Balaban J connectivity index is 1.85. The molecule has 0 amide bonds. The fourth-order valence-electron chi connectivity index (χ4n) is 3.03. The number of rotatable bonds is 4. The topological polar surface area (TPSA) is 92.7 Å². The molecule has 0 saturated carbocycles. The van der Waals surface area contributed by atoms with Crippen LogP contribution in [0.25, 0.3) is 0 Å². The van der Waals surface area contributed by atoms with Crippen LogP contribution in [0.1, 0.15) is 35.2 Å². The molecule has 2 N–H and O–H groups in total. The van der Waals surface area contributed by atoms with E-state index in [4.69, 9.17) is 9.84 Å². The van der Waals surface area contributed by atoms with Gasteiger partial charge in [0.2, 0.25) is 10.0 Å². The molecule has 2 aliphatic rings. The molecule has 6 nitrogen and oxygen atoms in total. The van der Waals surface area contributed by atoms with E-state index >= 15 is 0 Å². The summed E-state index contributed by atoms with van der Waals surface area (Å²) in [5.41, 5.74) is 0.534. The highest BCUT2D eigenvalue weighted by atomic mass is 32.2. The number of aromatic carboxylic acids is 1. The minimum Gasteiger partial charge on any atom is -0.478 e. The molecule has 0 radical (unpaired) electrons. The van der Waals surface area contributed by atoms with Gasteiger partial charge in [0.25, 0.3) is 0 Å². The molecule has 0 aliphatic carbocycles. The van der Waals surface area contributed by atoms with Crippen LogP contribution >= 0.6 is 0 Å². The molecule has 2 bridgehead atoms. The molecular formula is C14H17NO5S. The average molecular weight is 311 g/mol. The van der Waals surface area contributed by atoms with Crippen LogP contribution in [0.3, 0.4) is 0 Å². The van der Waals surface area contributed by atoms with Gasteiger partial charge in [-0.2, -0.15) is 0 Å². The maximum atomic E-state index is 12.4. The number of hydrogen-bond acceptors (Lipinski definition) is 4. The third kappa shape index (κ3) is 2.68. The van der Waals surface area contributed by atoms with Crippen molar-refractivity contribution >= 4 is 16.0 Å². The Bertz CT molecular complexity index is 685. The second-order valence-electron chi connectivity index (χ2n) is 5.62. The highest BCUT2D eigenvalue weighted by Gasteiger charge is 2.42. The Hall–Kier alpha value is -1.44. The molecule has 2 fully saturated rings. The Morgan fingerprint density at radius 1 is 1.38 bits per heavy atom. The van der Waals surface area contributed by atoms with E-state index < -0.39 is 16.0 Å². The predicted molar refractivity (Wildman–Crippen MR) is 74.8 cm³/mol. The zero-order valence-corrected chi connectivity index (χ0v) is 12.4. The van der Waals surface area contributed by atoms with E-state index in [1.54, 1.807) is 6.92 Å². The standard InChI is InChI=1S/C14H17NO5S/c1-8-2-4-10(7-11(8)14(16)17)21(18,19)15-12-6-9-3-5-13(12)20-9/h2,4,7,9,12-13,15H,3,5-6H2,1H3,(H,16,17). The summed E-state index contributed by atoms with van der Waals surface area (Å²) >= 11 is 0. The summed E-state index contributed by atoms with van der Waals surface area (Å²) < 4.78 is 33.1. The van der Waals surface area contributed by atoms with E-state index in [-0.39, 0.29) is 28.7 Å². The van der Waals surface area contributed by atoms with Crippen molar-refractivity contribution in [2.45, 2.75) is 49.3 Å². The smallest absolute Gasteiger partial charge is 0.335 e. The van der Waals surface area contributed by atoms with Crippen LogP contribution in [-0.2, 0) is 14.8 Å². The maximum Gasteiger partial charge on any atom is 0.335 e. The van der Waals surface area contributed by atoms with Crippen molar-refractivity contribution in [2.75, 3.05) is 0 Å². The van der Waals surface area contributed by atoms with Crippen LogP contribution in [0.15, 0.2) is 23.1 Å². The molecule has 1 aromatic rings. The van der Waals surface area contributed by atoms with Gasteiger partial charge in [-0.3, -0.25) is 0 Å². The lowest BCUT2D eigenvalue weighted by Gasteiger charge is -2.20. The number of benzene rings is 1. The first-order valence-electron chi connectivity index (χ1n) is 6.88. The molecule has 0 aromatic heterocycles. The average Bonchev–Trinajstić information content (AvgIpc) is 3.00. The van der Waals surface area contributed by atoms with E-state index in [2.05, 4.69) is 4.72 Å². The van der Waals surface area contributed by atoms with Gasteiger partial charge in [0.1, 0.15) is 0 Å². The van der Waals surface area contributed by atoms with Gasteiger partial charge in [0, 0.05) is 0 Å². The van der Waals surface area contributed by atoms with Crippen molar-refractivity contribution in [3.63, 3.8) is 0 Å². The third-order valence-electron chi connectivity index (χ3n) is 4.16. The Labute approximate surface area is 123 Å². The molecule has 1 aromatic carbocycles. The summed E-state index contributed by atoms with van der Waals surface area (Å²) in [6.07, 6.45) is 2.62. The van der Waals surface area contributed by atoms with Gasteiger partial charge in [-0.25, -0.2) is 17.9 Å². The van der Waals surface area contributed by atoms with Crippen molar-refractivity contribution in [1.29, 1.82) is 0 Å². The van der Waals surface area contributed by atoms with Gasteiger partial charge >= 0.3 is 5.97 Å². The van der Waals surface area contributed by atoms with Crippen LogP contribution in [0.2, 0.25) is 0 Å². The van der Waals surface area contributed by atoms with Crippen LogP contribution in [0, 0.1) is 6.92 Å². The van der Waals surface area contributed by atoms with E-state index in [9.17, 15) is 13.2 Å². The van der Waals surface area contributed by atoms with Gasteiger partial charge in [-0.15, -0.1) is 0 Å². The summed E-state index contributed by atoms with van der Waals surface area (Å²) in [7, 11) is -3.73. The second kappa shape index (κ2) is 5.08. The predicted octanol–water partition coefficient (Wildman–Crippen LogP) is 1.29. The number of carbonyl (C=O) groups is 1. The largest absolute Gasteiger partial charge is 0.478 e. The number of fused-ring (bicyclic) bond motifs is 2. The van der Waals surface area contributed by atoms with Crippen molar-refractivity contribution in [3.8, 4) is 0 Å². The second-order valence-corrected chi connectivity index (χ2v) is 7.33. The molecule has 3 unspecified atom stereocenters. The summed E-state index contributed by atoms with van der Waals surface area (Å²) in [4.78, 5) is 11.1. The Kier molecular flexibility index (Phi) is 3.51. The molecule has 0 spiro atoms. The molecule has 2 saturated heterocycles. The Morgan fingerprint density at radius 2 is 2.14 bits per heavy atom. The van der Waals surface area contributed by atoms with Crippen molar-refractivity contribution in [1.82, 2.24) is 4.72 Å². The highest BCUT2D eigenvalue weighted by molar-refractivity contribution is 7.89. The van der Waals surface area contributed by atoms with E-state index in [0.717, 1.165) is 12.8 Å². The number of carboxylic acids is 1. The molecule has 3 atom stereocenters. The number of sulfonamides is 1. The molecule has 114 valence electrons. The molecule has 7 heteroatoms. The fraction of sp³-hybridized carbons (Fsp3) is 0.500. The zero-order valence-electron chi connectivity index (χ0n) is 11.6. The SMILES string of the molecule is Cc1ccc(S(=O)(=O)NC2CC3CCC2O3)cc1C(=O)O. The first kappa shape index (κ1) is 14.5. The summed E-state index contributed by atoms with van der Waals surface area (Å²) in [5.74, 6) is -1.13. The quantitative estimate of drug-likeness (QED) is 0.874. The summed E-state index contributed by atoms with van der Waals surface area (Å²) in [5, 5.41) is 9.09. The van der Waals surface area contributed by atoms with Gasteiger partial charge in [0.15, 0.2) is 0 Å². The lowest BCUT2D eigenvalue weighted by molar-refractivity contribution is 0.0695. The number of carboxylic acid groups (broad SMARTS) is 1. The minimum atomic E-state index is -3.73. The van der Waals surface area contributed by atoms with E-state index in [1.807, 2.05) is 0 Å². The number of ether oxygens (including phenoxy) is 1. The minimum absolute atomic E-state index is 0.00191. The molecule has 3 rings (SSSR count). The van der Waals surface area contributed by atoms with Crippen molar-refractivity contribution in [2.24, 2.45) is 0 Å². The molecule has 2 aliphatic heterocycles. The monoisotopic (exact) mass is 311 g/mol. The number of hydrogen-bond donors (Lipinski definition) is 2. The molecule has 2 heterocycles. The molecule has 21 heavy (non-hydrogen) atoms. The highest BCUT2D eigenvalue weighted by Crippen LogP contribution is 2.35. The van der Waals surface area contributed by atoms with Gasteiger partial charge in [0.05, 0.1) is 28.7 Å². The van der Waals surface area contributed by atoms with Gasteiger partial charge in [-0.05, 0) is 43.9 Å². The van der Waals surface area contributed by atoms with Crippen molar-refractivity contribution < 1.29 is 23.1 Å². The third-order valence-corrected chi connectivity index (χ3v) is 5.65. The molecular weight excluding hydrogens is 294 g/mol. The lowest BCUT2D eigenvalue weighted by atomic mass is 9.96. The first-order valence-corrected chi connectivity index (χ1v) is 8.37. The fourth-order valence-corrected chi connectivity index (χ4v) is 4.33. The van der Waals surface area contributed by atoms with Crippen LogP contribution < -0.4 is 4.72 Å². The zero-order chi connectivity index (χ0) is 15.2. The number of nitrogens with one attached hydrogen (secondary N) is 1. The van der Waals surface area contributed by atoms with Crippen LogP contribution in [0.4, 0.5) is 0 Å². The lowest BCUT2D eigenvalue weighted by Crippen LogP contribution is -2.41. The van der Waals surface area contributed by atoms with Crippen LogP contribution in [-0.4, -0.2) is 37.7 Å². The summed E-state index contributed by atoms with van der Waals surface area (Å²) in [6, 6.07) is 3.92. The van der Waals surface area contributed by atoms with Gasteiger partial charge < -0.3 is 9.84 Å². The summed E-state index contributed by atoms with van der Waals surface area (Å²) in [6.45, 7) is 1.64. The van der Waals surface area contributed by atoms with E-state index in [0.29, 0.717) is 12.0 Å². The van der Waals surface area contributed by atoms with Crippen LogP contribution in [0.5, 0.6) is 0 Å². The van der Waals surface area contributed by atoms with E-state index in [1.165, 1.54) is 18.2 Å². The van der Waals surface area contributed by atoms with Crippen molar-refractivity contribution in [3.05, 3.63) is 29.3 Å². The maximum absolute atomic E-state index is 12.4. The first-order chi connectivity index (χ1) is 9.87.